The lowest BCUT2D eigenvalue weighted by Gasteiger charge is -2.12. The Morgan fingerprint density at radius 1 is 1.00 bits per heavy atom. The fourth-order valence-corrected chi connectivity index (χ4v) is 2.89. The van der Waals surface area contributed by atoms with Crippen molar-refractivity contribution in [2.45, 2.75) is 11.4 Å². The normalized spacial score (nSPS) is 11.4. The second-order valence-corrected chi connectivity index (χ2v) is 5.84. The molecule has 0 bridgehead atoms. The number of nitrogens with one attached hydrogen (secondary N) is 1. The van der Waals surface area contributed by atoms with Crippen molar-refractivity contribution in [1.29, 1.82) is 0 Å². The molecule has 8 heteroatoms. The molecule has 0 saturated carbocycles. The predicted octanol–water partition coefficient (Wildman–Crippen LogP) is 2.36. The van der Waals surface area contributed by atoms with Gasteiger partial charge in [0.05, 0.1) is 5.69 Å². The summed E-state index contributed by atoms with van der Waals surface area (Å²) in [5, 5.41) is 0. The minimum atomic E-state index is -4.28. The summed E-state index contributed by atoms with van der Waals surface area (Å²) in [7, 11) is -4.28. The lowest BCUT2D eigenvalue weighted by atomic mass is 10.2. The molecule has 0 radical (unpaired) electrons. The monoisotopic (exact) mass is 316 g/mol. The third-order valence-corrected chi connectivity index (χ3v) is 4.11. The van der Waals surface area contributed by atoms with Gasteiger partial charge >= 0.3 is 0 Å². The van der Waals surface area contributed by atoms with Crippen LogP contribution in [0.25, 0.3) is 0 Å². The molecule has 0 unspecified atom stereocenters. The van der Waals surface area contributed by atoms with Crippen LogP contribution in [0, 0.1) is 17.5 Å². The number of halogens is 3. The zero-order valence-electron chi connectivity index (χ0n) is 10.6. The molecule has 0 heterocycles. The Kier molecular flexibility index (Phi) is 4.19. The highest BCUT2D eigenvalue weighted by Crippen LogP contribution is 2.22. The maximum absolute atomic E-state index is 13.6. The molecule has 2 rings (SSSR count). The maximum atomic E-state index is 13.6. The van der Waals surface area contributed by atoms with Crippen LogP contribution in [0.3, 0.4) is 0 Å². The van der Waals surface area contributed by atoms with Gasteiger partial charge in [-0.3, -0.25) is 4.72 Å². The number of hydrogen-bond donors (Lipinski definition) is 2. The van der Waals surface area contributed by atoms with Crippen LogP contribution in [0.2, 0.25) is 0 Å². The molecular weight excluding hydrogens is 305 g/mol. The van der Waals surface area contributed by atoms with Crippen molar-refractivity contribution >= 4 is 15.7 Å². The predicted molar refractivity (Wildman–Crippen MR) is 71.5 cm³/mol. The van der Waals surface area contributed by atoms with Gasteiger partial charge in [-0.2, -0.15) is 0 Å². The average Bonchev–Trinajstić information content (AvgIpc) is 2.40. The van der Waals surface area contributed by atoms with Crippen LogP contribution in [0.4, 0.5) is 18.9 Å². The van der Waals surface area contributed by atoms with Gasteiger partial charge in [0.1, 0.15) is 22.3 Å². The van der Waals surface area contributed by atoms with Gasteiger partial charge in [-0.25, -0.2) is 21.6 Å². The van der Waals surface area contributed by atoms with E-state index in [0.29, 0.717) is 6.07 Å². The van der Waals surface area contributed by atoms with Gasteiger partial charge in [0.15, 0.2) is 0 Å². The van der Waals surface area contributed by atoms with Crippen LogP contribution in [-0.4, -0.2) is 8.42 Å². The van der Waals surface area contributed by atoms with Crippen LogP contribution in [0.15, 0.2) is 41.3 Å². The lowest BCUT2D eigenvalue weighted by Crippen LogP contribution is -2.16. The molecular formula is C13H11F3N2O2S. The molecule has 0 amide bonds. The summed E-state index contributed by atoms with van der Waals surface area (Å²) < 4.78 is 65.7. The third kappa shape index (κ3) is 3.34. The van der Waals surface area contributed by atoms with Crippen molar-refractivity contribution in [3.63, 3.8) is 0 Å². The first kappa shape index (κ1) is 15.3. The Morgan fingerprint density at radius 2 is 1.62 bits per heavy atom. The molecule has 0 fully saturated rings. The number of hydrogen-bond acceptors (Lipinski definition) is 3. The molecule has 0 spiro atoms. The van der Waals surface area contributed by atoms with Gasteiger partial charge in [-0.1, -0.05) is 0 Å². The molecule has 21 heavy (non-hydrogen) atoms. The Balaban J connectivity index is 2.42. The summed E-state index contributed by atoms with van der Waals surface area (Å²) >= 11 is 0. The van der Waals surface area contributed by atoms with Gasteiger partial charge in [0.2, 0.25) is 0 Å². The van der Waals surface area contributed by atoms with Gasteiger partial charge in [-0.15, -0.1) is 0 Å². The first-order chi connectivity index (χ1) is 9.83. The molecule has 0 aliphatic carbocycles. The number of benzene rings is 2. The molecule has 2 aromatic carbocycles. The van der Waals surface area contributed by atoms with Crippen molar-refractivity contribution in [2.75, 3.05) is 4.72 Å². The second-order valence-electron chi connectivity index (χ2n) is 4.19. The Hall–Kier alpha value is -2.06. The van der Waals surface area contributed by atoms with E-state index in [9.17, 15) is 21.6 Å². The van der Waals surface area contributed by atoms with Gasteiger partial charge < -0.3 is 5.73 Å². The zero-order chi connectivity index (χ0) is 15.6. The molecule has 4 nitrogen and oxygen atoms in total. The average molecular weight is 316 g/mol. The summed E-state index contributed by atoms with van der Waals surface area (Å²) in [4.78, 5) is -0.712. The van der Waals surface area contributed by atoms with E-state index in [0.717, 1.165) is 24.3 Å². The van der Waals surface area contributed by atoms with Gasteiger partial charge in [0, 0.05) is 12.6 Å². The molecule has 0 aliphatic heterocycles. The SMILES string of the molecule is NCc1cc(F)ccc1NS(=O)(=O)c1ccc(F)cc1F. The summed E-state index contributed by atoms with van der Waals surface area (Å²) in [5.74, 6) is -2.69. The second kappa shape index (κ2) is 5.74. The van der Waals surface area contributed by atoms with Crippen LogP contribution in [0.1, 0.15) is 5.56 Å². The van der Waals surface area contributed by atoms with Crippen LogP contribution in [-0.2, 0) is 16.6 Å². The molecule has 0 aliphatic rings. The first-order valence-electron chi connectivity index (χ1n) is 5.80. The summed E-state index contributed by atoms with van der Waals surface area (Å²) in [6, 6.07) is 5.38. The number of sulfonamides is 1. The highest BCUT2D eigenvalue weighted by atomic mass is 32.2. The maximum Gasteiger partial charge on any atom is 0.264 e. The summed E-state index contributed by atoms with van der Waals surface area (Å²) in [5.41, 5.74) is 5.64. The summed E-state index contributed by atoms with van der Waals surface area (Å²) in [6.07, 6.45) is 0. The smallest absolute Gasteiger partial charge is 0.264 e. The van der Waals surface area contributed by atoms with Gasteiger partial charge in [-0.05, 0) is 35.9 Å². The van der Waals surface area contributed by atoms with Crippen molar-refractivity contribution in [2.24, 2.45) is 5.73 Å². The standard InChI is InChI=1S/C13H11F3N2O2S/c14-9-1-3-12(8(5-9)7-17)18-21(19,20)13-4-2-10(15)6-11(13)16/h1-6,18H,7,17H2. The summed E-state index contributed by atoms with van der Waals surface area (Å²) in [6.45, 7) is -0.110. The molecule has 112 valence electrons. The Morgan fingerprint density at radius 3 is 2.24 bits per heavy atom. The fraction of sp³-hybridized carbons (Fsp3) is 0.0769. The van der Waals surface area contributed by atoms with Crippen LogP contribution in [0.5, 0.6) is 0 Å². The highest BCUT2D eigenvalue weighted by molar-refractivity contribution is 7.92. The number of rotatable bonds is 4. The van der Waals surface area contributed by atoms with E-state index in [4.69, 9.17) is 5.73 Å². The van der Waals surface area contributed by atoms with E-state index < -0.39 is 32.4 Å². The largest absolute Gasteiger partial charge is 0.326 e. The van der Waals surface area contributed by atoms with Crippen molar-refractivity contribution in [3.05, 3.63) is 59.4 Å². The van der Waals surface area contributed by atoms with Crippen molar-refractivity contribution in [3.8, 4) is 0 Å². The number of nitrogens with two attached hydrogens (primary N) is 1. The van der Waals surface area contributed by atoms with E-state index in [2.05, 4.69) is 4.72 Å². The lowest BCUT2D eigenvalue weighted by molar-refractivity contribution is 0.551. The topological polar surface area (TPSA) is 72.2 Å². The Labute approximate surface area is 119 Å². The van der Waals surface area contributed by atoms with E-state index in [1.54, 1.807) is 0 Å². The van der Waals surface area contributed by atoms with E-state index >= 15 is 0 Å². The first-order valence-corrected chi connectivity index (χ1v) is 7.28. The van der Waals surface area contributed by atoms with Crippen LogP contribution >= 0.6 is 0 Å². The third-order valence-electron chi connectivity index (χ3n) is 2.71. The highest BCUT2D eigenvalue weighted by Gasteiger charge is 2.20. The molecule has 2 aromatic rings. The molecule has 3 N–H and O–H groups in total. The quantitative estimate of drug-likeness (QED) is 0.909. The van der Waals surface area contributed by atoms with E-state index in [-0.39, 0.29) is 17.8 Å². The molecule has 0 atom stereocenters. The van der Waals surface area contributed by atoms with Crippen molar-refractivity contribution in [1.82, 2.24) is 0 Å². The number of anilines is 1. The van der Waals surface area contributed by atoms with Crippen LogP contribution < -0.4 is 10.5 Å². The minimum Gasteiger partial charge on any atom is -0.326 e. The van der Waals surface area contributed by atoms with E-state index in [1.807, 2.05) is 0 Å². The van der Waals surface area contributed by atoms with E-state index in [1.165, 1.54) is 6.07 Å². The fourth-order valence-electron chi connectivity index (χ4n) is 1.72. The van der Waals surface area contributed by atoms with Crippen molar-refractivity contribution < 1.29 is 21.6 Å². The Bertz CT molecular complexity index is 779. The minimum absolute atomic E-state index is 0.0302. The molecule has 0 saturated heterocycles. The molecule has 0 aromatic heterocycles. The van der Waals surface area contributed by atoms with Gasteiger partial charge in [0.25, 0.3) is 10.0 Å². The zero-order valence-corrected chi connectivity index (χ0v) is 11.4.